The Morgan fingerprint density at radius 1 is 1.20 bits per heavy atom. The number of anilines is 1. The highest BCUT2D eigenvalue weighted by Gasteiger charge is 2.26. The van der Waals surface area contributed by atoms with E-state index in [9.17, 15) is 9.59 Å². The molecule has 1 fully saturated rings. The van der Waals surface area contributed by atoms with Crippen molar-refractivity contribution >= 4 is 11.6 Å². The number of benzene rings is 1. The van der Waals surface area contributed by atoms with Gasteiger partial charge in [0.1, 0.15) is 5.82 Å². The predicted octanol–water partition coefficient (Wildman–Crippen LogP) is 2.79. The molecular weight excluding hydrogens is 378 g/mol. The molecule has 1 amide bonds. The summed E-state index contributed by atoms with van der Waals surface area (Å²) in [5, 5.41) is 3.48. The molecule has 30 heavy (non-hydrogen) atoms. The van der Waals surface area contributed by atoms with E-state index in [1.165, 1.54) is 0 Å². The molecule has 154 valence electrons. The van der Waals surface area contributed by atoms with Gasteiger partial charge in [-0.25, -0.2) is 4.98 Å². The molecule has 0 saturated carbocycles. The van der Waals surface area contributed by atoms with E-state index in [1.54, 1.807) is 24.5 Å². The van der Waals surface area contributed by atoms with Gasteiger partial charge in [0.15, 0.2) is 0 Å². The van der Waals surface area contributed by atoms with Gasteiger partial charge in [-0.1, -0.05) is 18.2 Å². The van der Waals surface area contributed by atoms with Crippen molar-refractivity contribution in [2.24, 2.45) is 0 Å². The monoisotopic (exact) mass is 403 g/mol. The second-order valence-electron chi connectivity index (χ2n) is 7.55. The summed E-state index contributed by atoms with van der Waals surface area (Å²) < 4.78 is 0. The van der Waals surface area contributed by atoms with Crippen molar-refractivity contribution in [2.75, 3.05) is 18.4 Å². The third-order valence-electron chi connectivity index (χ3n) is 5.45. The van der Waals surface area contributed by atoms with E-state index in [-0.39, 0.29) is 17.5 Å². The molecule has 7 nitrogen and oxygen atoms in total. The molecule has 1 atom stereocenters. The number of amides is 1. The molecule has 0 radical (unpaired) electrons. The van der Waals surface area contributed by atoms with Crippen LogP contribution in [0.1, 0.15) is 24.1 Å². The van der Waals surface area contributed by atoms with Gasteiger partial charge in [0, 0.05) is 60.5 Å². The van der Waals surface area contributed by atoms with E-state index >= 15 is 0 Å². The highest BCUT2D eigenvalue weighted by Crippen LogP contribution is 2.18. The number of carbonyl (C=O) groups excluding carboxylic acids is 1. The number of H-pyrrole nitrogens is 1. The van der Waals surface area contributed by atoms with Crippen LogP contribution in [0.5, 0.6) is 0 Å². The first-order valence-electron chi connectivity index (χ1n) is 10.2. The number of rotatable bonds is 6. The number of aromatic amines is 1. The Morgan fingerprint density at radius 3 is 2.70 bits per heavy atom. The van der Waals surface area contributed by atoms with Crippen molar-refractivity contribution < 1.29 is 4.79 Å². The second-order valence-corrected chi connectivity index (χ2v) is 7.55. The molecule has 2 aromatic heterocycles. The van der Waals surface area contributed by atoms with E-state index in [4.69, 9.17) is 0 Å². The molecule has 3 aromatic rings. The quantitative estimate of drug-likeness (QED) is 0.660. The number of likely N-dealkylation sites (tertiary alicyclic amines) is 1. The van der Waals surface area contributed by atoms with Crippen LogP contribution in [0.2, 0.25) is 0 Å². The molecule has 1 saturated heterocycles. The lowest BCUT2D eigenvalue weighted by Crippen LogP contribution is -2.32. The fraction of sp³-hybridized carbons (Fsp3) is 0.304. The topological polar surface area (TPSA) is 91.0 Å². The summed E-state index contributed by atoms with van der Waals surface area (Å²) in [7, 11) is 0. The molecule has 1 aliphatic heterocycles. The van der Waals surface area contributed by atoms with E-state index in [1.807, 2.05) is 42.2 Å². The number of aryl methyl sites for hydroxylation is 1. The minimum absolute atomic E-state index is 0.0735. The Labute approximate surface area is 175 Å². The van der Waals surface area contributed by atoms with Gasteiger partial charge < -0.3 is 15.2 Å². The minimum atomic E-state index is -0.188. The Morgan fingerprint density at radius 2 is 1.97 bits per heavy atom. The van der Waals surface area contributed by atoms with E-state index in [2.05, 4.69) is 20.3 Å². The van der Waals surface area contributed by atoms with Crippen LogP contribution in [0.3, 0.4) is 0 Å². The van der Waals surface area contributed by atoms with Crippen molar-refractivity contribution in [2.45, 2.75) is 32.2 Å². The summed E-state index contributed by atoms with van der Waals surface area (Å²) in [6.45, 7) is 3.23. The molecule has 0 bridgehead atoms. The molecular formula is C23H25N5O2. The Balaban J connectivity index is 1.35. The smallest absolute Gasteiger partial charge is 0.254 e. The van der Waals surface area contributed by atoms with Gasteiger partial charge >= 0.3 is 0 Å². The van der Waals surface area contributed by atoms with E-state index < -0.39 is 0 Å². The summed E-state index contributed by atoms with van der Waals surface area (Å²) in [4.78, 5) is 38.5. The van der Waals surface area contributed by atoms with Crippen LogP contribution in [0.4, 0.5) is 5.69 Å². The van der Waals surface area contributed by atoms with Crippen molar-refractivity contribution in [3.05, 3.63) is 76.5 Å². The van der Waals surface area contributed by atoms with Gasteiger partial charge in [0.05, 0.1) is 0 Å². The molecule has 0 spiro atoms. The molecule has 0 aliphatic carbocycles. The fourth-order valence-electron chi connectivity index (χ4n) is 3.82. The first-order chi connectivity index (χ1) is 14.6. The van der Waals surface area contributed by atoms with Crippen LogP contribution >= 0.6 is 0 Å². The summed E-state index contributed by atoms with van der Waals surface area (Å²) >= 11 is 0. The number of carbonyl (C=O) groups is 1. The van der Waals surface area contributed by atoms with Crippen molar-refractivity contribution in [1.29, 1.82) is 0 Å². The average Bonchev–Trinajstić information content (AvgIpc) is 3.23. The van der Waals surface area contributed by atoms with Crippen LogP contribution in [0, 0.1) is 6.92 Å². The SMILES string of the molecule is Cc1nc(-c2ccncc2)[nH]c(=O)c1CCC(=O)N1CCC(Nc2ccccc2)C1. The van der Waals surface area contributed by atoms with Crippen LogP contribution in [0.25, 0.3) is 11.4 Å². The Kier molecular flexibility index (Phi) is 5.88. The zero-order chi connectivity index (χ0) is 20.9. The number of hydrogen-bond donors (Lipinski definition) is 2. The highest BCUT2D eigenvalue weighted by atomic mass is 16.2. The zero-order valence-corrected chi connectivity index (χ0v) is 17.0. The number of nitrogens with zero attached hydrogens (tertiary/aromatic N) is 3. The third kappa shape index (κ3) is 4.56. The summed E-state index contributed by atoms with van der Waals surface area (Å²) in [6.07, 6.45) is 4.93. The molecule has 1 unspecified atom stereocenters. The first kappa shape index (κ1) is 19.8. The minimum Gasteiger partial charge on any atom is -0.380 e. The average molecular weight is 403 g/mol. The number of hydrogen-bond acceptors (Lipinski definition) is 5. The van der Waals surface area contributed by atoms with Gasteiger partial charge in [-0.15, -0.1) is 0 Å². The van der Waals surface area contributed by atoms with Crippen LogP contribution in [-0.2, 0) is 11.2 Å². The van der Waals surface area contributed by atoms with Crippen molar-refractivity contribution in [1.82, 2.24) is 19.9 Å². The normalized spacial score (nSPS) is 15.9. The molecule has 4 rings (SSSR count). The van der Waals surface area contributed by atoms with Crippen molar-refractivity contribution in [3.63, 3.8) is 0 Å². The standard InChI is InChI=1S/C23H25N5O2/c1-16-20(23(30)27-22(25-16)17-9-12-24-13-10-17)7-8-21(29)28-14-11-19(15-28)26-18-5-3-2-4-6-18/h2-6,9-10,12-13,19,26H,7-8,11,14-15H2,1H3,(H,25,27,30). The molecule has 7 heteroatoms. The summed E-state index contributed by atoms with van der Waals surface area (Å²) in [6, 6.07) is 13.9. The maximum Gasteiger partial charge on any atom is 0.254 e. The lowest BCUT2D eigenvalue weighted by Gasteiger charge is -2.18. The largest absolute Gasteiger partial charge is 0.380 e. The van der Waals surface area contributed by atoms with Gasteiger partial charge in [-0.3, -0.25) is 14.6 Å². The number of pyridine rings is 1. The number of nitrogens with one attached hydrogen (secondary N) is 2. The molecule has 3 heterocycles. The first-order valence-corrected chi connectivity index (χ1v) is 10.2. The van der Waals surface area contributed by atoms with Crippen LogP contribution < -0.4 is 10.9 Å². The van der Waals surface area contributed by atoms with Crippen LogP contribution in [0.15, 0.2) is 59.7 Å². The maximum absolute atomic E-state index is 12.7. The van der Waals surface area contributed by atoms with Gasteiger partial charge in [-0.2, -0.15) is 0 Å². The molecule has 1 aromatic carbocycles. The van der Waals surface area contributed by atoms with E-state index in [0.29, 0.717) is 36.5 Å². The zero-order valence-electron chi connectivity index (χ0n) is 17.0. The van der Waals surface area contributed by atoms with Crippen LogP contribution in [-0.4, -0.2) is 44.9 Å². The molecule has 1 aliphatic rings. The summed E-state index contributed by atoms with van der Waals surface area (Å²) in [5.41, 5.74) is 2.91. The van der Waals surface area contributed by atoms with Gasteiger partial charge in [-0.05, 0) is 44.0 Å². The van der Waals surface area contributed by atoms with Gasteiger partial charge in [0.2, 0.25) is 5.91 Å². The lowest BCUT2D eigenvalue weighted by molar-refractivity contribution is -0.130. The maximum atomic E-state index is 12.7. The van der Waals surface area contributed by atoms with Crippen molar-refractivity contribution in [3.8, 4) is 11.4 Å². The van der Waals surface area contributed by atoms with E-state index in [0.717, 1.165) is 24.2 Å². The Hall–Kier alpha value is -3.48. The predicted molar refractivity (Wildman–Crippen MR) is 116 cm³/mol. The number of aromatic nitrogens is 3. The third-order valence-corrected chi connectivity index (χ3v) is 5.45. The second kappa shape index (κ2) is 8.90. The van der Waals surface area contributed by atoms with Gasteiger partial charge in [0.25, 0.3) is 5.56 Å². The highest BCUT2D eigenvalue weighted by molar-refractivity contribution is 5.77. The Bertz CT molecular complexity index is 1070. The lowest BCUT2D eigenvalue weighted by atomic mass is 10.1. The molecule has 2 N–H and O–H groups in total. The fourth-order valence-corrected chi connectivity index (χ4v) is 3.82. The number of para-hydroxylation sites is 1. The summed E-state index contributed by atoms with van der Waals surface area (Å²) in [5.74, 6) is 0.591.